The lowest BCUT2D eigenvalue weighted by Gasteiger charge is -2.36. The van der Waals surface area contributed by atoms with E-state index >= 15 is 0 Å². The number of hydrogen-bond acceptors (Lipinski definition) is 3. The normalized spacial score (nSPS) is 22.2. The third kappa shape index (κ3) is 2.26. The number of anilines is 1. The first kappa shape index (κ1) is 11.9. The van der Waals surface area contributed by atoms with Crippen molar-refractivity contribution in [2.45, 2.75) is 25.9 Å². The average molecular weight is 233 g/mol. The number of rotatable bonds is 2. The van der Waals surface area contributed by atoms with Crippen molar-refractivity contribution in [1.29, 1.82) is 0 Å². The van der Waals surface area contributed by atoms with Crippen LogP contribution in [0.3, 0.4) is 0 Å². The van der Waals surface area contributed by atoms with E-state index in [-0.39, 0.29) is 18.0 Å². The van der Waals surface area contributed by atoms with E-state index < -0.39 is 0 Å². The first-order valence-electron chi connectivity index (χ1n) is 6.00. The zero-order valence-corrected chi connectivity index (χ0v) is 10.3. The van der Waals surface area contributed by atoms with Crippen molar-refractivity contribution in [3.8, 4) is 0 Å². The van der Waals surface area contributed by atoms with Crippen LogP contribution in [0.1, 0.15) is 25.5 Å². The maximum Gasteiger partial charge on any atom is 0.242 e. The van der Waals surface area contributed by atoms with Crippen molar-refractivity contribution < 1.29 is 4.79 Å². The molecule has 0 spiro atoms. The maximum absolute atomic E-state index is 11.7. The Morgan fingerprint density at radius 3 is 2.88 bits per heavy atom. The first-order chi connectivity index (χ1) is 8.11. The molecular formula is C13H19N3O. The van der Waals surface area contributed by atoms with E-state index in [9.17, 15) is 4.79 Å². The second-order valence-corrected chi connectivity index (χ2v) is 4.51. The lowest BCUT2D eigenvalue weighted by atomic mass is 10.0. The monoisotopic (exact) mass is 233 g/mol. The summed E-state index contributed by atoms with van der Waals surface area (Å²) in [5.74, 6) is 0.0794. The molecule has 2 atom stereocenters. The molecule has 1 saturated heterocycles. The van der Waals surface area contributed by atoms with Crippen LogP contribution >= 0.6 is 0 Å². The predicted molar refractivity (Wildman–Crippen MR) is 68.9 cm³/mol. The molecule has 1 fully saturated rings. The van der Waals surface area contributed by atoms with Crippen molar-refractivity contribution in [3.05, 3.63) is 29.8 Å². The second kappa shape index (κ2) is 4.75. The molecule has 4 nitrogen and oxygen atoms in total. The van der Waals surface area contributed by atoms with Gasteiger partial charge in [-0.1, -0.05) is 18.2 Å². The number of carbonyl (C=O) groups excluding carboxylic acids is 1. The molecule has 4 heteroatoms. The predicted octanol–water partition coefficient (Wildman–Crippen LogP) is 1.03. The summed E-state index contributed by atoms with van der Waals surface area (Å²) in [7, 11) is 0. The fourth-order valence-corrected chi connectivity index (χ4v) is 2.25. The molecule has 92 valence electrons. The number of hydrogen-bond donors (Lipinski definition) is 2. The molecule has 1 aromatic carbocycles. The number of carbonyl (C=O) groups is 1. The van der Waals surface area contributed by atoms with E-state index in [1.165, 1.54) is 0 Å². The standard InChI is InChI=1S/C13H19N3O/c1-9(14)11-5-3-4-6-12(11)16-8-7-15-13(17)10(16)2/h3-6,9-10H,7-8,14H2,1-2H3,(H,15,17)/t9-,10?/m0/s1. The van der Waals surface area contributed by atoms with Gasteiger partial charge in [0.25, 0.3) is 0 Å². The Morgan fingerprint density at radius 2 is 2.18 bits per heavy atom. The van der Waals surface area contributed by atoms with Crippen LogP contribution in [0.2, 0.25) is 0 Å². The van der Waals surface area contributed by atoms with Crippen LogP contribution in [0, 0.1) is 0 Å². The van der Waals surface area contributed by atoms with Gasteiger partial charge in [-0.15, -0.1) is 0 Å². The van der Waals surface area contributed by atoms with Gasteiger partial charge in [-0.25, -0.2) is 0 Å². The number of amides is 1. The van der Waals surface area contributed by atoms with Gasteiger partial charge in [0, 0.05) is 24.8 Å². The molecule has 0 bridgehead atoms. The molecule has 1 heterocycles. The molecule has 1 amide bonds. The highest BCUT2D eigenvalue weighted by atomic mass is 16.2. The fraction of sp³-hybridized carbons (Fsp3) is 0.462. The molecule has 0 aliphatic carbocycles. The van der Waals surface area contributed by atoms with E-state index in [2.05, 4.69) is 10.2 Å². The Balaban J connectivity index is 2.36. The Morgan fingerprint density at radius 1 is 1.47 bits per heavy atom. The van der Waals surface area contributed by atoms with Gasteiger partial charge in [-0.3, -0.25) is 4.79 Å². The van der Waals surface area contributed by atoms with E-state index in [1.54, 1.807) is 0 Å². The first-order valence-corrected chi connectivity index (χ1v) is 6.00. The summed E-state index contributed by atoms with van der Waals surface area (Å²) in [5, 5.41) is 2.87. The molecule has 0 radical (unpaired) electrons. The zero-order valence-electron chi connectivity index (χ0n) is 10.3. The SMILES string of the molecule is CC1C(=O)NCCN1c1ccccc1[C@H](C)N. The fourth-order valence-electron chi connectivity index (χ4n) is 2.25. The van der Waals surface area contributed by atoms with Crippen molar-refractivity contribution in [2.24, 2.45) is 5.73 Å². The minimum absolute atomic E-state index is 0.0246. The maximum atomic E-state index is 11.7. The van der Waals surface area contributed by atoms with Crippen LogP contribution < -0.4 is 16.0 Å². The summed E-state index contributed by atoms with van der Waals surface area (Å²) in [4.78, 5) is 13.8. The largest absolute Gasteiger partial charge is 0.358 e. The van der Waals surface area contributed by atoms with Crippen molar-refractivity contribution in [3.63, 3.8) is 0 Å². The number of piperazine rings is 1. The van der Waals surface area contributed by atoms with E-state index in [4.69, 9.17) is 5.73 Å². The molecule has 1 unspecified atom stereocenters. The number of nitrogens with two attached hydrogens (primary N) is 1. The lowest BCUT2D eigenvalue weighted by Crippen LogP contribution is -2.54. The van der Waals surface area contributed by atoms with Crippen LogP contribution in [0.5, 0.6) is 0 Å². The van der Waals surface area contributed by atoms with Gasteiger partial charge in [-0.05, 0) is 25.5 Å². The summed E-state index contributed by atoms with van der Waals surface area (Å²) < 4.78 is 0. The van der Waals surface area contributed by atoms with Crippen molar-refractivity contribution in [2.75, 3.05) is 18.0 Å². The topological polar surface area (TPSA) is 58.4 Å². The third-order valence-corrected chi connectivity index (χ3v) is 3.24. The van der Waals surface area contributed by atoms with Crippen LogP contribution in [0.25, 0.3) is 0 Å². The minimum atomic E-state index is -0.136. The molecule has 0 saturated carbocycles. The summed E-state index contributed by atoms with van der Waals surface area (Å²) in [6.07, 6.45) is 0. The molecule has 17 heavy (non-hydrogen) atoms. The summed E-state index contributed by atoms with van der Waals surface area (Å²) >= 11 is 0. The van der Waals surface area contributed by atoms with Crippen LogP contribution in [-0.4, -0.2) is 25.0 Å². The number of benzene rings is 1. The molecule has 2 rings (SSSR count). The van der Waals surface area contributed by atoms with Gasteiger partial charge < -0.3 is 16.0 Å². The van der Waals surface area contributed by atoms with E-state index in [0.29, 0.717) is 6.54 Å². The Hall–Kier alpha value is -1.55. The summed E-state index contributed by atoms with van der Waals surface area (Å²) in [5.41, 5.74) is 8.14. The molecule has 1 aliphatic rings. The van der Waals surface area contributed by atoms with Crippen LogP contribution in [-0.2, 0) is 4.79 Å². The Bertz CT molecular complexity index is 417. The highest BCUT2D eigenvalue weighted by molar-refractivity contribution is 5.86. The van der Waals surface area contributed by atoms with Crippen LogP contribution in [0.4, 0.5) is 5.69 Å². The molecular weight excluding hydrogens is 214 g/mol. The Labute approximate surface area is 102 Å². The number of nitrogens with one attached hydrogen (secondary N) is 1. The quantitative estimate of drug-likeness (QED) is 0.802. The minimum Gasteiger partial charge on any atom is -0.358 e. The lowest BCUT2D eigenvalue weighted by molar-refractivity contribution is -0.122. The molecule has 0 aromatic heterocycles. The highest BCUT2D eigenvalue weighted by Gasteiger charge is 2.27. The van der Waals surface area contributed by atoms with Gasteiger partial charge in [0.1, 0.15) is 6.04 Å². The van der Waals surface area contributed by atoms with Gasteiger partial charge in [0.15, 0.2) is 0 Å². The number of para-hydroxylation sites is 1. The number of nitrogens with zero attached hydrogens (tertiary/aromatic N) is 1. The van der Waals surface area contributed by atoms with Gasteiger partial charge >= 0.3 is 0 Å². The van der Waals surface area contributed by atoms with Gasteiger partial charge in [-0.2, -0.15) is 0 Å². The molecule has 1 aromatic rings. The van der Waals surface area contributed by atoms with E-state index in [0.717, 1.165) is 17.8 Å². The summed E-state index contributed by atoms with van der Waals surface area (Å²) in [6.45, 7) is 5.41. The molecule has 1 aliphatic heterocycles. The van der Waals surface area contributed by atoms with Crippen molar-refractivity contribution in [1.82, 2.24) is 5.32 Å². The second-order valence-electron chi connectivity index (χ2n) is 4.51. The Kier molecular flexibility index (Phi) is 3.33. The van der Waals surface area contributed by atoms with Crippen LogP contribution in [0.15, 0.2) is 24.3 Å². The summed E-state index contributed by atoms with van der Waals surface area (Å²) in [6, 6.07) is 7.87. The average Bonchev–Trinajstić information content (AvgIpc) is 2.33. The zero-order chi connectivity index (χ0) is 12.4. The van der Waals surface area contributed by atoms with Gasteiger partial charge in [0.05, 0.1) is 0 Å². The van der Waals surface area contributed by atoms with Gasteiger partial charge in [0.2, 0.25) is 5.91 Å². The highest BCUT2D eigenvalue weighted by Crippen LogP contribution is 2.27. The molecule has 3 N–H and O–H groups in total. The third-order valence-electron chi connectivity index (χ3n) is 3.24. The smallest absolute Gasteiger partial charge is 0.242 e. The van der Waals surface area contributed by atoms with Crippen molar-refractivity contribution >= 4 is 11.6 Å². The van der Waals surface area contributed by atoms with E-state index in [1.807, 2.05) is 38.1 Å².